The molecular formula is C7H18O. The van der Waals surface area contributed by atoms with E-state index in [0.29, 0.717) is 5.92 Å². The fraction of sp³-hybridized carbons (Fsp3) is 1.00. The zero-order chi connectivity index (χ0) is 5.86. The molecule has 1 N–H and O–H groups in total. The van der Waals surface area contributed by atoms with Crippen molar-refractivity contribution in [1.29, 1.82) is 0 Å². The first kappa shape index (κ1) is 10.9. The zero-order valence-electron chi connectivity index (χ0n) is 5.31. The highest BCUT2D eigenvalue weighted by molar-refractivity contribution is 4.49. The number of hydrogen-bond donors (Lipinski definition) is 1. The lowest BCUT2D eigenvalue weighted by Gasteiger charge is -2.04. The van der Waals surface area contributed by atoms with Crippen molar-refractivity contribution in [2.24, 2.45) is 5.92 Å². The van der Waals surface area contributed by atoms with Crippen molar-refractivity contribution in [3.05, 3.63) is 0 Å². The van der Waals surface area contributed by atoms with Gasteiger partial charge in [0, 0.05) is 0 Å². The molecule has 1 nitrogen and oxygen atoms in total. The topological polar surface area (TPSA) is 20.2 Å². The number of hydrogen-bond acceptors (Lipinski definition) is 1. The van der Waals surface area contributed by atoms with Gasteiger partial charge in [-0.25, -0.2) is 0 Å². The van der Waals surface area contributed by atoms with Gasteiger partial charge < -0.3 is 5.11 Å². The third kappa shape index (κ3) is 9.35. The predicted molar refractivity (Wildman–Crippen MR) is 37.9 cm³/mol. The highest BCUT2D eigenvalue weighted by Gasteiger charge is 1.97. The van der Waals surface area contributed by atoms with Gasteiger partial charge in [-0.2, -0.15) is 0 Å². The van der Waals surface area contributed by atoms with Crippen LogP contribution in [0, 0.1) is 5.92 Å². The minimum atomic E-state index is -0.125. The van der Waals surface area contributed by atoms with Crippen LogP contribution in [-0.4, -0.2) is 11.2 Å². The summed E-state index contributed by atoms with van der Waals surface area (Å²) in [7, 11) is 0. The molecule has 0 radical (unpaired) electrons. The molecule has 0 aliphatic carbocycles. The summed E-state index contributed by atoms with van der Waals surface area (Å²) >= 11 is 0. The molecule has 8 heavy (non-hydrogen) atoms. The smallest absolute Gasteiger partial charge is 0.0514 e. The molecule has 0 saturated carbocycles. The summed E-state index contributed by atoms with van der Waals surface area (Å²) in [6.45, 7) is 6.03. The minimum Gasteiger partial charge on any atom is -0.393 e. The Kier molecular flexibility index (Phi) is 6.93. The molecule has 0 aliphatic heterocycles. The summed E-state index contributed by atoms with van der Waals surface area (Å²) in [5.74, 6) is 0.625. The Hall–Kier alpha value is -0.0400. The lowest BCUT2D eigenvalue weighted by atomic mass is 10.1. The van der Waals surface area contributed by atoms with E-state index in [1.165, 1.54) is 0 Å². The second kappa shape index (κ2) is 5.10. The van der Waals surface area contributed by atoms with E-state index in [2.05, 4.69) is 13.8 Å². The average molecular weight is 118 g/mol. The lowest BCUT2D eigenvalue weighted by molar-refractivity contribution is 0.168. The fourth-order valence-corrected chi connectivity index (χ4v) is 0.682. The standard InChI is InChI=1S/C6H14O.CH4/c1-5(2)4-6(3)7;/h5-7H,4H2,1-3H3;1H4/t6-;/m0./s1. The van der Waals surface area contributed by atoms with E-state index < -0.39 is 0 Å². The Bertz CT molecular complexity index is 33.7. The van der Waals surface area contributed by atoms with Gasteiger partial charge in [0.1, 0.15) is 0 Å². The van der Waals surface area contributed by atoms with E-state index in [9.17, 15) is 0 Å². The molecule has 0 aliphatic rings. The summed E-state index contributed by atoms with van der Waals surface area (Å²) < 4.78 is 0. The Labute approximate surface area is 52.7 Å². The Morgan fingerprint density at radius 2 is 1.62 bits per heavy atom. The SMILES string of the molecule is C.CC(C)C[C@H](C)O. The molecule has 0 spiro atoms. The third-order valence-electron chi connectivity index (χ3n) is 0.813. The van der Waals surface area contributed by atoms with Crippen LogP contribution >= 0.6 is 0 Å². The summed E-state index contributed by atoms with van der Waals surface area (Å²) in [4.78, 5) is 0. The summed E-state index contributed by atoms with van der Waals surface area (Å²) in [5.41, 5.74) is 0. The molecule has 0 bridgehead atoms. The molecule has 0 unspecified atom stereocenters. The average Bonchev–Trinajstić information content (AvgIpc) is 1.27. The first-order valence-electron chi connectivity index (χ1n) is 2.81. The van der Waals surface area contributed by atoms with Crippen LogP contribution < -0.4 is 0 Å². The Morgan fingerprint density at radius 1 is 1.25 bits per heavy atom. The second-order valence-corrected chi connectivity index (χ2v) is 2.48. The number of aliphatic hydroxyl groups excluding tert-OH is 1. The van der Waals surface area contributed by atoms with Gasteiger partial charge in [0.2, 0.25) is 0 Å². The van der Waals surface area contributed by atoms with Crippen molar-refractivity contribution in [1.82, 2.24) is 0 Å². The largest absolute Gasteiger partial charge is 0.393 e. The van der Waals surface area contributed by atoms with E-state index in [0.717, 1.165) is 6.42 Å². The quantitative estimate of drug-likeness (QED) is 0.588. The van der Waals surface area contributed by atoms with Crippen molar-refractivity contribution in [2.75, 3.05) is 0 Å². The molecule has 0 aromatic rings. The van der Waals surface area contributed by atoms with Crippen LogP contribution in [0.4, 0.5) is 0 Å². The van der Waals surface area contributed by atoms with Crippen LogP contribution in [0.5, 0.6) is 0 Å². The number of rotatable bonds is 2. The van der Waals surface area contributed by atoms with E-state index in [1.54, 1.807) is 0 Å². The van der Waals surface area contributed by atoms with Crippen molar-refractivity contribution >= 4 is 0 Å². The van der Waals surface area contributed by atoms with Gasteiger partial charge in [-0.05, 0) is 19.3 Å². The number of aliphatic hydroxyl groups is 1. The summed E-state index contributed by atoms with van der Waals surface area (Å²) in [5, 5.41) is 8.72. The van der Waals surface area contributed by atoms with E-state index >= 15 is 0 Å². The first-order chi connectivity index (χ1) is 3.13. The van der Waals surface area contributed by atoms with Gasteiger partial charge >= 0.3 is 0 Å². The molecule has 1 heteroatoms. The Balaban J connectivity index is 0. The van der Waals surface area contributed by atoms with Gasteiger partial charge in [-0.15, -0.1) is 0 Å². The monoisotopic (exact) mass is 118 g/mol. The molecular weight excluding hydrogens is 100 g/mol. The molecule has 1 atom stereocenters. The maximum Gasteiger partial charge on any atom is 0.0514 e. The van der Waals surface area contributed by atoms with E-state index in [-0.39, 0.29) is 13.5 Å². The second-order valence-electron chi connectivity index (χ2n) is 2.48. The van der Waals surface area contributed by atoms with Crippen molar-refractivity contribution in [2.45, 2.75) is 40.7 Å². The van der Waals surface area contributed by atoms with E-state index in [4.69, 9.17) is 5.11 Å². The van der Waals surface area contributed by atoms with Crippen LogP contribution in [0.15, 0.2) is 0 Å². The maximum atomic E-state index is 8.72. The molecule has 0 fully saturated rings. The third-order valence-corrected chi connectivity index (χ3v) is 0.813. The van der Waals surface area contributed by atoms with Crippen LogP contribution in [0.2, 0.25) is 0 Å². The van der Waals surface area contributed by atoms with Crippen LogP contribution in [0.1, 0.15) is 34.6 Å². The maximum absolute atomic E-state index is 8.72. The molecule has 0 aromatic heterocycles. The van der Waals surface area contributed by atoms with Crippen LogP contribution in [0.3, 0.4) is 0 Å². The first-order valence-corrected chi connectivity index (χ1v) is 2.81. The van der Waals surface area contributed by atoms with Gasteiger partial charge in [-0.3, -0.25) is 0 Å². The normalized spacial score (nSPS) is 13.1. The predicted octanol–water partition coefficient (Wildman–Crippen LogP) is 2.05. The molecule has 0 aromatic carbocycles. The summed E-state index contributed by atoms with van der Waals surface area (Å²) in [6, 6.07) is 0. The Morgan fingerprint density at radius 3 is 1.62 bits per heavy atom. The molecule has 0 heterocycles. The van der Waals surface area contributed by atoms with Crippen LogP contribution in [-0.2, 0) is 0 Å². The molecule has 0 rings (SSSR count). The van der Waals surface area contributed by atoms with Gasteiger partial charge in [0.05, 0.1) is 6.10 Å². The van der Waals surface area contributed by atoms with Crippen molar-refractivity contribution < 1.29 is 5.11 Å². The fourth-order valence-electron chi connectivity index (χ4n) is 0.682. The van der Waals surface area contributed by atoms with Gasteiger partial charge in [-0.1, -0.05) is 21.3 Å². The summed E-state index contributed by atoms with van der Waals surface area (Å²) in [6.07, 6.45) is 0.792. The molecule has 0 amide bonds. The molecule has 0 saturated heterocycles. The van der Waals surface area contributed by atoms with E-state index in [1.807, 2.05) is 6.92 Å². The lowest BCUT2D eigenvalue weighted by Crippen LogP contribution is -2.03. The van der Waals surface area contributed by atoms with Crippen molar-refractivity contribution in [3.63, 3.8) is 0 Å². The van der Waals surface area contributed by atoms with Crippen LogP contribution in [0.25, 0.3) is 0 Å². The molecule has 52 valence electrons. The van der Waals surface area contributed by atoms with Gasteiger partial charge in [0.15, 0.2) is 0 Å². The zero-order valence-corrected chi connectivity index (χ0v) is 5.31. The highest BCUT2D eigenvalue weighted by Crippen LogP contribution is 2.01. The highest BCUT2D eigenvalue weighted by atomic mass is 16.3. The minimum absolute atomic E-state index is 0. The van der Waals surface area contributed by atoms with Gasteiger partial charge in [0.25, 0.3) is 0 Å². The van der Waals surface area contributed by atoms with Crippen molar-refractivity contribution in [3.8, 4) is 0 Å².